The SMILES string of the molecule is CCNC(=NCc1cc(OC)ccc1O)NCc1ncc(CC)s1. The second-order valence-electron chi connectivity index (χ2n) is 5.12. The predicted molar refractivity (Wildman–Crippen MR) is 97.8 cm³/mol. The number of nitrogens with zero attached hydrogens (tertiary/aromatic N) is 2. The van der Waals surface area contributed by atoms with Crippen LogP contribution in [-0.2, 0) is 19.5 Å². The van der Waals surface area contributed by atoms with Gasteiger partial charge in [-0.3, -0.25) is 0 Å². The van der Waals surface area contributed by atoms with E-state index in [1.165, 1.54) is 4.88 Å². The van der Waals surface area contributed by atoms with Crippen LogP contribution in [0.1, 0.15) is 29.3 Å². The molecule has 0 aliphatic rings. The zero-order valence-electron chi connectivity index (χ0n) is 14.3. The van der Waals surface area contributed by atoms with Crippen LogP contribution >= 0.6 is 11.3 Å². The lowest BCUT2D eigenvalue weighted by Crippen LogP contribution is -2.36. The molecule has 24 heavy (non-hydrogen) atoms. The van der Waals surface area contributed by atoms with Crippen LogP contribution in [0.15, 0.2) is 29.4 Å². The highest BCUT2D eigenvalue weighted by molar-refractivity contribution is 7.11. The molecule has 2 rings (SSSR count). The summed E-state index contributed by atoms with van der Waals surface area (Å²) in [5.41, 5.74) is 0.717. The minimum Gasteiger partial charge on any atom is -0.508 e. The molecular weight excluding hydrogens is 324 g/mol. The summed E-state index contributed by atoms with van der Waals surface area (Å²) in [6, 6.07) is 5.13. The average molecular weight is 348 g/mol. The highest BCUT2D eigenvalue weighted by atomic mass is 32.1. The standard InChI is InChI=1S/C17H24N4O2S/c1-4-14-10-19-16(24-14)11-21-17(18-5-2)20-9-12-8-13(23-3)6-7-15(12)22/h6-8,10,22H,4-5,9,11H2,1-3H3,(H2,18,20,21). The van der Waals surface area contributed by atoms with E-state index in [4.69, 9.17) is 4.74 Å². The highest BCUT2D eigenvalue weighted by Gasteiger charge is 2.05. The summed E-state index contributed by atoms with van der Waals surface area (Å²) >= 11 is 1.70. The second kappa shape index (κ2) is 9.12. The molecular formula is C17H24N4O2S. The van der Waals surface area contributed by atoms with Crippen LogP contribution in [0, 0.1) is 0 Å². The Morgan fingerprint density at radius 3 is 2.83 bits per heavy atom. The summed E-state index contributed by atoms with van der Waals surface area (Å²) in [4.78, 5) is 10.2. The van der Waals surface area contributed by atoms with Crippen molar-refractivity contribution < 1.29 is 9.84 Å². The van der Waals surface area contributed by atoms with Gasteiger partial charge in [-0.05, 0) is 31.5 Å². The molecule has 1 heterocycles. The van der Waals surface area contributed by atoms with Gasteiger partial charge in [-0.25, -0.2) is 9.98 Å². The Hall–Kier alpha value is -2.28. The molecule has 130 valence electrons. The second-order valence-corrected chi connectivity index (χ2v) is 6.32. The third-order valence-electron chi connectivity index (χ3n) is 3.40. The van der Waals surface area contributed by atoms with Crippen LogP contribution in [0.3, 0.4) is 0 Å². The molecule has 0 unspecified atom stereocenters. The average Bonchev–Trinajstić information content (AvgIpc) is 3.06. The van der Waals surface area contributed by atoms with Crippen LogP contribution < -0.4 is 15.4 Å². The number of hydrogen-bond donors (Lipinski definition) is 3. The molecule has 0 spiro atoms. The third kappa shape index (κ3) is 5.13. The Kier molecular flexibility index (Phi) is 6.87. The Morgan fingerprint density at radius 2 is 2.17 bits per heavy atom. The summed E-state index contributed by atoms with van der Waals surface area (Å²) in [6.07, 6.45) is 2.92. The number of benzene rings is 1. The van der Waals surface area contributed by atoms with E-state index < -0.39 is 0 Å². The molecule has 0 bridgehead atoms. The minimum atomic E-state index is 0.211. The lowest BCUT2D eigenvalue weighted by atomic mass is 10.2. The number of hydrogen-bond acceptors (Lipinski definition) is 5. The van der Waals surface area contributed by atoms with E-state index in [1.807, 2.05) is 13.1 Å². The molecule has 1 aromatic heterocycles. The Bertz CT molecular complexity index is 685. The lowest BCUT2D eigenvalue weighted by molar-refractivity contribution is 0.411. The van der Waals surface area contributed by atoms with E-state index in [-0.39, 0.29) is 5.75 Å². The number of thiazole rings is 1. The van der Waals surface area contributed by atoms with Gasteiger partial charge in [0, 0.05) is 23.2 Å². The number of phenolic OH excluding ortho intramolecular Hbond substituents is 1. The first kappa shape index (κ1) is 18.1. The normalized spacial score (nSPS) is 11.4. The fourth-order valence-corrected chi connectivity index (χ4v) is 2.88. The number of aliphatic imine (C=N–C) groups is 1. The van der Waals surface area contributed by atoms with Crippen molar-refractivity contribution >= 4 is 17.3 Å². The quantitative estimate of drug-likeness (QED) is 0.530. The Morgan fingerprint density at radius 1 is 1.33 bits per heavy atom. The number of phenols is 1. The van der Waals surface area contributed by atoms with E-state index in [1.54, 1.807) is 36.6 Å². The van der Waals surface area contributed by atoms with Crippen LogP contribution in [0.4, 0.5) is 0 Å². The Balaban J connectivity index is 2.02. The number of ether oxygens (including phenoxy) is 1. The smallest absolute Gasteiger partial charge is 0.191 e. The van der Waals surface area contributed by atoms with Gasteiger partial charge in [-0.15, -0.1) is 11.3 Å². The number of guanidine groups is 1. The van der Waals surface area contributed by atoms with Crippen LogP contribution in [0.5, 0.6) is 11.5 Å². The fourth-order valence-electron chi connectivity index (χ4n) is 2.07. The number of aromatic nitrogens is 1. The van der Waals surface area contributed by atoms with Crippen molar-refractivity contribution in [3.8, 4) is 11.5 Å². The minimum absolute atomic E-state index is 0.211. The van der Waals surface area contributed by atoms with Gasteiger partial charge in [-0.2, -0.15) is 0 Å². The van der Waals surface area contributed by atoms with Crippen LogP contribution in [-0.4, -0.2) is 29.7 Å². The first-order valence-electron chi connectivity index (χ1n) is 7.97. The molecule has 0 radical (unpaired) electrons. The molecule has 0 aliphatic heterocycles. The largest absolute Gasteiger partial charge is 0.508 e. The summed E-state index contributed by atoms with van der Waals surface area (Å²) in [5.74, 6) is 1.60. The predicted octanol–water partition coefficient (Wildman–Crippen LogP) is 2.68. The summed E-state index contributed by atoms with van der Waals surface area (Å²) < 4.78 is 5.18. The van der Waals surface area contributed by atoms with E-state index in [9.17, 15) is 5.11 Å². The maximum atomic E-state index is 9.94. The molecule has 0 saturated carbocycles. The van der Waals surface area contributed by atoms with Crippen molar-refractivity contribution in [3.05, 3.63) is 39.8 Å². The van der Waals surface area contributed by atoms with Gasteiger partial charge in [-0.1, -0.05) is 6.92 Å². The topological polar surface area (TPSA) is 78.8 Å². The Labute approximate surface area is 146 Å². The van der Waals surface area contributed by atoms with Crippen molar-refractivity contribution in [1.82, 2.24) is 15.6 Å². The molecule has 3 N–H and O–H groups in total. The summed E-state index contributed by atoms with van der Waals surface area (Å²) in [5, 5.41) is 17.4. The van der Waals surface area contributed by atoms with E-state index >= 15 is 0 Å². The first-order valence-corrected chi connectivity index (χ1v) is 8.79. The highest BCUT2D eigenvalue weighted by Crippen LogP contribution is 2.23. The molecule has 0 saturated heterocycles. The number of nitrogens with one attached hydrogen (secondary N) is 2. The van der Waals surface area contributed by atoms with Gasteiger partial charge in [0.25, 0.3) is 0 Å². The molecule has 0 aliphatic carbocycles. The number of aryl methyl sites for hydroxylation is 1. The molecule has 7 heteroatoms. The number of methoxy groups -OCH3 is 1. The van der Waals surface area contributed by atoms with Gasteiger partial charge >= 0.3 is 0 Å². The lowest BCUT2D eigenvalue weighted by Gasteiger charge is -2.11. The zero-order valence-corrected chi connectivity index (χ0v) is 15.1. The fraction of sp³-hybridized carbons (Fsp3) is 0.412. The van der Waals surface area contributed by atoms with Gasteiger partial charge in [0.1, 0.15) is 16.5 Å². The van der Waals surface area contributed by atoms with Crippen molar-refractivity contribution in [3.63, 3.8) is 0 Å². The van der Waals surface area contributed by atoms with Gasteiger partial charge in [0.2, 0.25) is 0 Å². The van der Waals surface area contributed by atoms with Crippen LogP contribution in [0.25, 0.3) is 0 Å². The van der Waals surface area contributed by atoms with Crippen molar-refractivity contribution in [2.24, 2.45) is 4.99 Å². The maximum absolute atomic E-state index is 9.94. The number of rotatable bonds is 7. The number of aromatic hydroxyl groups is 1. The van der Waals surface area contributed by atoms with Gasteiger partial charge < -0.3 is 20.5 Å². The molecule has 0 amide bonds. The van der Waals surface area contributed by atoms with Crippen molar-refractivity contribution in [1.29, 1.82) is 0 Å². The zero-order chi connectivity index (χ0) is 17.4. The van der Waals surface area contributed by atoms with Gasteiger partial charge in [0.15, 0.2) is 5.96 Å². The summed E-state index contributed by atoms with van der Waals surface area (Å²) in [7, 11) is 1.60. The summed E-state index contributed by atoms with van der Waals surface area (Å²) in [6.45, 7) is 5.88. The van der Waals surface area contributed by atoms with Crippen molar-refractivity contribution in [2.45, 2.75) is 33.4 Å². The monoisotopic (exact) mass is 348 g/mol. The van der Waals surface area contributed by atoms with E-state index in [0.717, 1.165) is 18.0 Å². The molecule has 0 atom stereocenters. The van der Waals surface area contributed by atoms with Gasteiger partial charge in [0.05, 0.1) is 20.2 Å². The van der Waals surface area contributed by atoms with E-state index in [2.05, 4.69) is 27.5 Å². The molecule has 2 aromatic rings. The first-order chi connectivity index (χ1) is 11.7. The van der Waals surface area contributed by atoms with E-state index in [0.29, 0.717) is 30.4 Å². The molecule has 0 fully saturated rings. The third-order valence-corrected chi connectivity index (χ3v) is 4.54. The van der Waals surface area contributed by atoms with Crippen LogP contribution in [0.2, 0.25) is 0 Å². The van der Waals surface area contributed by atoms with Crippen molar-refractivity contribution in [2.75, 3.05) is 13.7 Å². The maximum Gasteiger partial charge on any atom is 0.191 e. The molecule has 6 nitrogen and oxygen atoms in total. The molecule has 1 aromatic carbocycles.